The van der Waals surface area contributed by atoms with Crippen LogP contribution >= 0.6 is 12.4 Å². The maximum absolute atomic E-state index is 14.5. The van der Waals surface area contributed by atoms with Crippen molar-refractivity contribution in [1.29, 1.82) is 0 Å². The Balaban J connectivity index is 0.00000240. The Morgan fingerprint density at radius 2 is 2.10 bits per heavy atom. The van der Waals surface area contributed by atoms with Crippen LogP contribution in [0.15, 0.2) is 30.3 Å². The number of hydrogen-bond donors (Lipinski definition) is 1. The lowest BCUT2D eigenvalue weighted by atomic mass is 9.96. The molecule has 1 aromatic heterocycles. The summed E-state index contributed by atoms with van der Waals surface area (Å²) in [7, 11) is 1.85. The van der Waals surface area contributed by atoms with Crippen molar-refractivity contribution in [3.63, 3.8) is 0 Å². The first-order chi connectivity index (χ1) is 13.4. The number of amides is 1. The average molecular weight is 420 g/mol. The number of halogens is 2. The Kier molecular flexibility index (Phi) is 6.15. The highest BCUT2D eigenvalue weighted by atomic mass is 35.5. The monoisotopic (exact) mass is 419 g/mol. The molecule has 2 aliphatic heterocycles. The molecule has 1 N–H and O–H groups in total. The van der Waals surface area contributed by atoms with Crippen LogP contribution in [0.25, 0.3) is 11.1 Å². The number of hydrogen-bond acceptors (Lipinski definition) is 4. The van der Waals surface area contributed by atoms with Crippen LogP contribution in [0, 0.1) is 12.7 Å². The molecule has 156 valence electrons. The van der Waals surface area contributed by atoms with Gasteiger partial charge in [0.1, 0.15) is 17.1 Å². The lowest BCUT2D eigenvalue weighted by Gasteiger charge is -2.23. The highest BCUT2D eigenvalue weighted by Crippen LogP contribution is 2.39. The second-order valence-corrected chi connectivity index (χ2v) is 7.79. The predicted octanol–water partition coefficient (Wildman–Crippen LogP) is 4.04. The molecule has 0 unspecified atom stereocenters. The van der Waals surface area contributed by atoms with Gasteiger partial charge in [-0.15, -0.1) is 12.4 Å². The number of benzene rings is 1. The van der Waals surface area contributed by atoms with Crippen LogP contribution in [-0.2, 0) is 4.79 Å². The van der Waals surface area contributed by atoms with E-state index in [0.29, 0.717) is 17.9 Å². The number of carbonyl (C=O) groups excluding carboxylic acids is 1. The number of nitrogens with zero attached hydrogens (tertiary/aromatic N) is 2. The van der Waals surface area contributed by atoms with Gasteiger partial charge in [0.15, 0.2) is 0 Å². The van der Waals surface area contributed by atoms with Gasteiger partial charge in [0.2, 0.25) is 5.91 Å². The third-order valence-electron chi connectivity index (χ3n) is 5.83. The zero-order valence-electron chi connectivity index (χ0n) is 17.0. The normalized spacial score (nSPS) is 23.5. The number of ether oxygens (including phenoxy) is 1. The number of aromatic nitrogens is 1. The van der Waals surface area contributed by atoms with Gasteiger partial charge in [-0.25, -0.2) is 4.39 Å². The van der Waals surface area contributed by atoms with Crippen molar-refractivity contribution in [3.8, 4) is 16.9 Å². The Morgan fingerprint density at radius 3 is 2.79 bits per heavy atom. The summed E-state index contributed by atoms with van der Waals surface area (Å²) in [6.07, 6.45) is 2.47. The molecule has 2 aliphatic rings. The van der Waals surface area contributed by atoms with Crippen LogP contribution in [0.2, 0.25) is 0 Å². The van der Waals surface area contributed by atoms with Crippen molar-refractivity contribution >= 4 is 18.3 Å². The summed E-state index contributed by atoms with van der Waals surface area (Å²) in [5.74, 6) is 0.522. The fourth-order valence-electron chi connectivity index (χ4n) is 4.40. The molecule has 0 bridgehead atoms. The largest absolute Gasteiger partial charge is 0.494 e. The Morgan fingerprint density at radius 1 is 1.31 bits per heavy atom. The summed E-state index contributed by atoms with van der Waals surface area (Å²) in [6, 6.07) is 8.62. The predicted molar refractivity (Wildman–Crippen MR) is 113 cm³/mol. The van der Waals surface area contributed by atoms with Gasteiger partial charge in [-0.3, -0.25) is 15.1 Å². The number of nitrogens with one attached hydrogen (secondary N) is 1. The topological polar surface area (TPSA) is 54.5 Å². The maximum Gasteiger partial charge on any atom is 0.242 e. The number of aryl methyl sites for hydroxylation is 1. The Bertz CT molecular complexity index is 923. The first-order valence-corrected chi connectivity index (χ1v) is 9.86. The molecular weight excluding hydrogens is 393 g/mol. The average Bonchev–Trinajstić information content (AvgIpc) is 3.23. The zero-order valence-corrected chi connectivity index (χ0v) is 17.8. The number of likely N-dealkylation sites (tertiary alicyclic amines) is 1. The van der Waals surface area contributed by atoms with Gasteiger partial charge in [-0.05, 0) is 69.0 Å². The first-order valence-electron chi connectivity index (χ1n) is 9.86. The van der Waals surface area contributed by atoms with E-state index in [4.69, 9.17) is 4.74 Å². The van der Waals surface area contributed by atoms with Crippen LogP contribution in [0.5, 0.6) is 5.75 Å². The number of pyridine rings is 1. The lowest BCUT2D eigenvalue weighted by Crippen LogP contribution is -2.47. The van der Waals surface area contributed by atoms with Gasteiger partial charge in [0.05, 0.1) is 18.3 Å². The molecule has 2 atom stereocenters. The van der Waals surface area contributed by atoms with E-state index in [-0.39, 0.29) is 30.2 Å². The summed E-state index contributed by atoms with van der Waals surface area (Å²) >= 11 is 0. The number of carbonyl (C=O) groups is 1. The standard InChI is InChI=1S/C22H26FN3O2.ClH/c1-4-28-16-5-6-18(23)17(13-16)15-11-14(2)24-20(12-15)19-7-8-22(25-19)9-10-26(3)21(22)27;/h5-6,11-13,19,25H,4,7-10H2,1-3H3;1H/t19-,22-;/m1./s1. The van der Waals surface area contributed by atoms with Gasteiger partial charge in [0.25, 0.3) is 0 Å². The van der Waals surface area contributed by atoms with Crippen molar-refractivity contribution in [2.45, 2.75) is 44.7 Å². The minimum absolute atomic E-state index is 0. The van der Waals surface area contributed by atoms with Gasteiger partial charge in [-0.2, -0.15) is 0 Å². The van der Waals surface area contributed by atoms with Crippen molar-refractivity contribution < 1.29 is 13.9 Å². The smallest absolute Gasteiger partial charge is 0.242 e. The highest BCUT2D eigenvalue weighted by Gasteiger charge is 2.50. The second-order valence-electron chi connectivity index (χ2n) is 7.79. The van der Waals surface area contributed by atoms with Gasteiger partial charge in [-0.1, -0.05) is 0 Å². The summed E-state index contributed by atoms with van der Waals surface area (Å²) in [4.78, 5) is 19.1. The van der Waals surface area contributed by atoms with Crippen molar-refractivity contribution in [3.05, 3.63) is 47.5 Å². The van der Waals surface area contributed by atoms with E-state index in [2.05, 4.69) is 10.3 Å². The van der Waals surface area contributed by atoms with Crippen LogP contribution in [0.3, 0.4) is 0 Å². The molecule has 4 rings (SSSR count). The van der Waals surface area contributed by atoms with Crippen LogP contribution in [-0.4, -0.2) is 41.5 Å². The van der Waals surface area contributed by atoms with Crippen LogP contribution in [0.1, 0.15) is 43.6 Å². The molecule has 7 heteroatoms. The quantitative estimate of drug-likeness (QED) is 0.812. The number of rotatable bonds is 4. The molecule has 5 nitrogen and oxygen atoms in total. The Hall–Kier alpha value is -2.18. The summed E-state index contributed by atoms with van der Waals surface area (Å²) in [5.41, 5.74) is 2.49. The third-order valence-corrected chi connectivity index (χ3v) is 5.83. The van der Waals surface area contributed by atoms with Crippen LogP contribution in [0.4, 0.5) is 4.39 Å². The molecule has 2 saturated heterocycles. The molecule has 2 fully saturated rings. The maximum atomic E-state index is 14.5. The SMILES string of the molecule is CCOc1ccc(F)c(-c2cc(C)nc([C@H]3CC[C@]4(CCN(C)C4=O)N3)c2)c1.Cl. The van der Waals surface area contributed by atoms with Gasteiger partial charge in [0, 0.05) is 24.8 Å². The minimum atomic E-state index is -0.467. The van der Waals surface area contributed by atoms with Crippen molar-refractivity contribution in [2.24, 2.45) is 0 Å². The molecular formula is C22H27ClFN3O2. The minimum Gasteiger partial charge on any atom is -0.494 e. The zero-order chi connectivity index (χ0) is 19.9. The molecule has 1 aromatic carbocycles. The molecule has 0 saturated carbocycles. The molecule has 0 radical (unpaired) electrons. The molecule has 3 heterocycles. The van der Waals surface area contributed by atoms with E-state index < -0.39 is 5.54 Å². The van der Waals surface area contributed by atoms with E-state index in [0.717, 1.165) is 42.8 Å². The van der Waals surface area contributed by atoms with E-state index in [9.17, 15) is 9.18 Å². The first kappa shape index (κ1) is 21.5. The van der Waals surface area contributed by atoms with Gasteiger partial charge < -0.3 is 9.64 Å². The summed E-state index contributed by atoms with van der Waals surface area (Å²) in [6.45, 7) is 5.13. The molecule has 2 aromatic rings. The Labute approximate surface area is 177 Å². The molecule has 29 heavy (non-hydrogen) atoms. The van der Waals surface area contributed by atoms with E-state index in [1.54, 1.807) is 17.0 Å². The van der Waals surface area contributed by atoms with E-state index in [1.807, 2.05) is 33.0 Å². The third kappa shape index (κ3) is 3.96. The van der Waals surface area contributed by atoms with E-state index >= 15 is 0 Å². The van der Waals surface area contributed by atoms with Crippen molar-refractivity contribution in [2.75, 3.05) is 20.2 Å². The summed E-state index contributed by atoms with van der Waals surface area (Å²) < 4.78 is 20.1. The summed E-state index contributed by atoms with van der Waals surface area (Å²) in [5, 5.41) is 3.54. The molecule has 0 aliphatic carbocycles. The van der Waals surface area contributed by atoms with Crippen molar-refractivity contribution in [1.82, 2.24) is 15.2 Å². The highest BCUT2D eigenvalue weighted by molar-refractivity contribution is 5.88. The fraction of sp³-hybridized carbons (Fsp3) is 0.455. The van der Waals surface area contributed by atoms with Crippen LogP contribution < -0.4 is 10.1 Å². The lowest BCUT2D eigenvalue weighted by molar-refractivity contribution is -0.131. The molecule has 1 amide bonds. The van der Waals surface area contributed by atoms with E-state index in [1.165, 1.54) is 6.07 Å². The number of likely N-dealkylation sites (N-methyl/N-ethyl adjacent to an activating group) is 1. The second kappa shape index (κ2) is 8.28. The fourth-order valence-corrected chi connectivity index (χ4v) is 4.40. The molecule has 1 spiro atoms. The van der Waals surface area contributed by atoms with Gasteiger partial charge >= 0.3 is 0 Å².